The molecule has 0 unspecified atom stereocenters. The second kappa shape index (κ2) is 8.40. The van der Waals surface area contributed by atoms with E-state index in [-0.39, 0.29) is 10.3 Å². The van der Waals surface area contributed by atoms with E-state index in [1.165, 1.54) is 15.3 Å². The number of carboxylic acids is 1. The van der Waals surface area contributed by atoms with E-state index < -0.39 is 21.4 Å². The predicted octanol–water partition coefficient (Wildman–Crippen LogP) is 6.96. The van der Waals surface area contributed by atoms with Crippen LogP contribution in [-0.2, 0) is 20.2 Å². The summed E-state index contributed by atoms with van der Waals surface area (Å²) in [5, 5.41) is 22.2. The molecular weight excluding hydrogens is 540 g/mol. The van der Waals surface area contributed by atoms with Crippen molar-refractivity contribution in [3.8, 4) is 28.5 Å². The highest BCUT2D eigenvalue weighted by atomic mass is 32.2. The van der Waals surface area contributed by atoms with E-state index in [0.717, 1.165) is 16.5 Å². The highest BCUT2D eigenvalue weighted by Crippen LogP contribution is 2.73. The Labute approximate surface area is 235 Å². The van der Waals surface area contributed by atoms with Gasteiger partial charge >= 0.3 is 5.97 Å². The van der Waals surface area contributed by atoms with Crippen molar-refractivity contribution in [2.45, 2.75) is 36.5 Å². The number of fused-ring (bicyclic) bond motifs is 1. The molecule has 2 bridgehead atoms. The van der Waals surface area contributed by atoms with Crippen molar-refractivity contribution in [1.82, 2.24) is 3.97 Å². The highest BCUT2D eigenvalue weighted by molar-refractivity contribution is 7.90. The van der Waals surface area contributed by atoms with Gasteiger partial charge in [-0.05, 0) is 72.9 Å². The minimum absolute atomic E-state index is 0.177. The van der Waals surface area contributed by atoms with Crippen LogP contribution in [0, 0.1) is 23.7 Å². The number of carbonyl (C=O) groups is 1. The van der Waals surface area contributed by atoms with E-state index in [1.807, 2.05) is 60.8 Å². The Bertz CT molecular complexity index is 1990. The van der Waals surface area contributed by atoms with Crippen LogP contribution in [0.3, 0.4) is 0 Å². The van der Waals surface area contributed by atoms with E-state index in [4.69, 9.17) is 0 Å². The summed E-state index contributed by atoms with van der Waals surface area (Å²) in [6.45, 7) is 1.91. The highest BCUT2D eigenvalue weighted by Gasteiger charge is 2.72. The average molecular weight is 565 g/mol. The molecular formula is C32H24N2O4S2. The van der Waals surface area contributed by atoms with Crippen LogP contribution >= 0.6 is 11.3 Å². The van der Waals surface area contributed by atoms with Crippen LogP contribution in [0.2, 0.25) is 0 Å². The zero-order chi connectivity index (χ0) is 27.9. The van der Waals surface area contributed by atoms with Crippen molar-refractivity contribution in [2.24, 2.45) is 5.41 Å². The second-order valence-electron chi connectivity index (χ2n) is 11.1. The molecule has 3 aliphatic carbocycles. The van der Waals surface area contributed by atoms with Gasteiger partial charge in [0.2, 0.25) is 0 Å². The van der Waals surface area contributed by atoms with Gasteiger partial charge < -0.3 is 5.11 Å². The lowest BCUT2D eigenvalue weighted by Gasteiger charge is -2.68. The topological polar surface area (TPSA) is 100 Å². The summed E-state index contributed by atoms with van der Waals surface area (Å²) in [5.74, 6) is -0.737. The third kappa shape index (κ3) is 3.31. The smallest absolute Gasteiger partial charge is 0.309 e. The molecule has 3 aliphatic rings. The molecule has 0 radical (unpaired) electrons. The Morgan fingerprint density at radius 3 is 2.42 bits per heavy atom. The third-order valence-corrected chi connectivity index (χ3v) is 11.2. The largest absolute Gasteiger partial charge is 0.481 e. The Balaban J connectivity index is 1.52. The first-order valence-electron chi connectivity index (χ1n) is 13.0. The normalized spacial score (nSPS) is 21.4. The zero-order valence-electron chi connectivity index (χ0n) is 21.6. The fourth-order valence-corrected chi connectivity index (χ4v) is 8.96. The van der Waals surface area contributed by atoms with Crippen LogP contribution in [0.1, 0.15) is 35.3 Å². The Morgan fingerprint density at radius 2 is 1.73 bits per heavy atom. The summed E-state index contributed by atoms with van der Waals surface area (Å²) < 4.78 is 30.2. The van der Waals surface area contributed by atoms with Crippen LogP contribution in [0.15, 0.2) is 89.1 Å². The molecule has 2 heterocycles. The number of aryl methyl sites for hydroxylation is 1. The van der Waals surface area contributed by atoms with Gasteiger partial charge in [-0.2, -0.15) is 5.26 Å². The van der Waals surface area contributed by atoms with E-state index in [2.05, 4.69) is 6.07 Å². The van der Waals surface area contributed by atoms with Gasteiger partial charge in [-0.1, -0.05) is 54.1 Å². The summed E-state index contributed by atoms with van der Waals surface area (Å²) in [5.41, 5.74) is 4.29. The van der Waals surface area contributed by atoms with Gasteiger partial charge in [-0.3, -0.25) is 4.79 Å². The minimum Gasteiger partial charge on any atom is -0.481 e. The van der Waals surface area contributed by atoms with Crippen molar-refractivity contribution in [3.05, 3.63) is 100 Å². The monoisotopic (exact) mass is 564 g/mol. The molecule has 40 heavy (non-hydrogen) atoms. The van der Waals surface area contributed by atoms with E-state index in [1.54, 1.807) is 30.3 Å². The number of rotatable bonds is 6. The first-order chi connectivity index (χ1) is 19.2. The number of nitriles is 1. The first kappa shape index (κ1) is 24.8. The molecule has 8 rings (SSSR count). The Hall–Kier alpha value is -4.19. The summed E-state index contributed by atoms with van der Waals surface area (Å²) in [6.07, 6.45) is 1.79. The maximum atomic E-state index is 14.4. The van der Waals surface area contributed by atoms with Gasteiger partial charge in [0.05, 0.1) is 21.5 Å². The molecule has 3 aromatic carbocycles. The number of aromatic nitrogens is 1. The summed E-state index contributed by atoms with van der Waals surface area (Å²) in [4.78, 5) is 12.4. The first-order valence-corrected chi connectivity index (χ1v) is 15.3. The molecule has 0 amide bonds. The van der Waals surface area contributed by atoms with Crippen LogP contribution in [0.4, 0.5) is 0 Å². The quantitative estimate of drug-likeness (QED) is 0.240. The molecule has 5 aromatic rings. The van der Waals surface area contributed by atoms with Gasteiger partial charge in [-0.25, -0.2) is 12.4 Å². The fraction of sp³-hybridized carbons (Fsp3) is 0.188. The van der Waals surface area contributed by atoms with Crippen molar-refractivity contribution in [1.29, 1.82) is 5.26 Å². The number of thiophene rings is 1. The second-order valence-corrected chi connectivity index (χ2v) is 13.8. The lowest BCUT2D eigenvalue weighted by atomic mass is 9.33. The standard InChI is InChI=1S/C32H24N2O4S2/c1-20-9-11-23(12-10-20)40(37,38)34-26-8-3-2-7-24(26)28(25-13-14-39-27(25)16-33)29(34)21-5-4-6-22(15-21)31-17-32(18-31,19-31)30(35)36/h2-15H,17-19H2,1H3,(H,35,36). The van der Waals surface area contributed by atoms with E-state index in [9.17, 15) is 23.6 Å². The molecule has 1 N–H and O–H groups in total. The van der Waals surface area contributed by atoms with Crippen molar-refractivity contribution in [3.63, 3.8) is 0 Å². The molecule has 2 aromatic heterocycles. The van der Waals surface area contributed by atoms with Crippen LogP contribution < -0.4 is 0 Å². The number of para-hydroxylation sites is 1. The van der Waals surface area contributed by atoms with Gasteiger partial charge in [0, 0.05) is 22.1 Å². The summed E-state index contributed by atoms with van der Waals surface area (Å²) in [7, 11) is -4.04. The van der Waals surface area contributed by atoms with Gasteiger partial charge in [0.25, 0.3) is 10.0 Å². The number of benzene rings is 3. The number of carboxylic acid groups (broad SMARTS) is 1. The molecule has 6 nitrogen and oxygen atoms in total. The molecule has 0 spiro atoms. The predicted molar refractivity (Wildman–Crippen MR) is 155 cm³/mol. The number of hydrogen-bond donors (Lipinski definition) is 1. The molecule has 3 saturated carbocycles. The van der Waals surface area contributed by atoms with Crippen molar-refractivity contribution < 1.29 is 18.3 Å². The summed E-state index contributed by atoms with van der Waals surface area (Å²) in [6, 6.07) is 26.2. The van der Waals surface area contributed by atoms with Crippen LogP contribution in [0.5, 0.6) is 0 Å². The van der Waals surface area contributed by atoms with E-state index in [0.29, 0.717) is 52.0 Å². The van der Waals surface area contributed by atoms with Crippen molar-refractivity contribution >= 4 is 38.2 Å². The molecule has 0 aliphatic heterocycles. The van der Waals surface area contributed by atoms with Gasteiger partial charge in [0.15, 0.2) is 0 Å². The maximum Gasteiger partial charge on any atom is 0.309 e. The van der Waals surface area contributed by atoms with Crippen LogP contribution in [0.25, 0.3) is 33.3 Å². The van der Waals surface area contributed by atoms with Crippen LogP contribution in [-0.4, -0.2) is 23.5 Å². The summed E-state index contributed by atoms with van der Waals surface area (Å²) >= 11 is 1.32. The number of hydrogen-bond acceptors (Lipinski definition) is 5. The lowest BCUT2D eigenvalue weighted by molar-refractivity contribution is -0.194. The Kier molecular flexibility index (Phi) is 5.22. The SMILES string of the molecule is Cc1ccc(S(=O)(=O)n2c(-c3cccc(C45CC(C(=O)O)(C4)C5)c3)c(-c3ccsc3C#N)c3ccccc32)cc1. The van der Waals surface area contributed by atoms with E-state index >= 15 is 0 Å². The van der Waals surface area contributed by atoms with Gasteiger partial charge in [-0.15, -0.1) is 11.3 Å². The number of aliphatic carboxylic acids is 1. The zero-order valence-corrected chi connectivity index (χ0v) is 23.2. The maximum absolute atomic E-state index is 14.4. The minimum atomic E-state index is -4.04. The third-order valence-electron chi connectivity index (χ3n) is 8.66. The average Bonchev–Trinajstić information content (AvgIpc) is 3.49. The molecule has 0 atom stereocenters. The molecule has 198 valence electrons. The van der Waals surface area contributed by atoms with Gasteiger partial charge in [0.1, 0.15) is 10.9 Å². The fourth-order valence-electron chi connectivity index (χ4n) is 6.72. The molecule has 3 fully saturated rings. The number of nitrogens with zero attached hydrogens (tertiary/aromatic N) is 2. The molecule has 0 saturated heterocycles. The lowest BCUT2D eigenvalue weighted by Crippen LogP contribution is -2.67. The van der Waals surface area contributed by atoms with Crippen molar-refractivity contribution in [2.75, 3.05) is 0 Å². The molecule has 8 heteroatoms. The Morgan fingerprint density at radius 1 is 1.00 bits per heavy atom.